The van der Waals surface area contributed by atoms with Crippen LogP contribution < -0.4 is 5.73 Å². The largest absolute Gasteiger partial charge is 0.368 e. The molecule has 0 heterocycles. The van der Waals surface area contributed by atoms with Gasteiger partial charge in [0.15, 0.2) is 14.6 Å². The Morgan fingerprint density at radius 1 is 1.00 bits per heavy atom. The minimum absolute atomic E-state index is 0.193. The minimum Gasteiger partial charge on any atom is -0.368 e. The molecule has 2 N–H and O–H groups in total. The highest BCUT2D eigenvalue weighted by Gasteiger charge is 2.50. The Labute approximate surface area is 193 Å². The van der Waals surface area contributed by atoms with Crippen molar-refractivity contribution in [3.63, 3.8) is 0 Å². The third-order valence-corrected chi connectivity index (χ3v) is 9.64. The van der Waals surface area contributed by atoms with Gasteiger partial charge in [-0.1, -0.05) is 74.2 Å². The van der Waals surface area contributed by atoms with Crippen LogP contribution in [0.5, 0.6) is 0 Å². The fourth-order valence-electron chi connectivity index (χ4n) is 4.65. The maximum atomic E-state index is 12.8. The minimum atomic E-state index is -3.71. The molecule has 1 amide bonds. The number of rotatable bonds is 7. The second kappa shape index (κ2) is 10.7. The molecule has 2 saturated carbocycles. The Kier molecular flexibility index (Phi) is 8.16. The van der Waals surface area contributed by atoms with E-state index in [0.717, 1.165) is 36.7 Å². The molecule has 4 nitrogen and oxygen atoms in total. The molecule has 2 fully saturated rings. The summed E-state index contributed by atoms with van der Waals surface area (Å²) in [7, 11) is -3.71. The predicted molar refractivity (Wildman–Crippen MR) is 130 cm³/mol. The lowest BCUT2D eigenvalue weighted by Crippen LogP contribution is -2.51. The molecule has 0 saturated heterocycles. The van der Waals surface area contributed by atoms with Gasteiger partial charge in [0, 0.05) is 0 Å². The summed E-state index contributed by atoms with van der Waals surface area (Å²) in [6.45, 7) is 4.29. The quantitative estimate of drug-likeness (QED) is 0.588. The molecule has 0 radical (unpaired) electrons. The van der Waals surface area contributed by atoms with Crippen LogP contribution >= 0.6 is 0 Å². The highest BCUT2D eigenvalue weighted by molar-refractivity contribution is 7.93. The van der Waals surface area contributed by atoms with Crippen LogP contribution in [-0.4, -0.2) is 19.1 Å². The molecule has 0 aromatic heterocycles. The summed E-state index contributed by atoms with van der Waals surface area (Å²) in [5, 5.41) is 0. The van der Waals surface area contributed by atoms with E-state index in [-0.39, 0.29) is 4.90 Å². The van der Waals surface area contributed by atoms with Crippen LogP contribution in [0, 0.1) is 18.8 Å². The van der Waals surface area contributed by atoms with Gasteiger partial charge >= 0.3 is 0 Å². The maximum Gasteiger partial charge on any atom is 0.239 e. The number of carbonyl (C=O) groups is 1. The second-order valence-corrected chi connectivity index (χ2v) is 11.8. The Hall–Kier alpha value is -2.14. The molecular weight excluding hydrogens is 418 g/mol. The van der Waals surface area contributed by atoms with Gasteiger partial charge in [0.2, 0.25) is 5.91 Å². The molecule has 1 atom stereocenters. The van der Waals surface area contributed by atoms with Crippen molar-refractivity contribution in [2.45, 2.75) is 81.3 Å². The van der Waals surface area contributed by atoms with Gasteiger partial charge in [0.1, 0.15) is 0 Å². The maximum absolute atomic E-state index is 12.8. The number of hydrogen-bond acceptors (Lipinski definition) is 3. The fraction of sp³-hybridized carbons (Fsp3) is 0.519. The first-order valence-corrected chi connectivity index (χ1v) is 13.4. The molecule has 2 aromatic carbocycles. The predicted octanol–water partition coefficient (Wildman–Crippen LogP) is 5.62. The number of carbonyl (C=O) groups excluding carboxylic acids is 1. The van der Waals surface area contributed by atoms with E-state index in [2.05, 4.69) is 37.3 Å². The van der Waals surface area contributed by atoms with Crippen LogP contribution in [0.2, 0.25) is 0 Å². The molecule has 174 valence electrons. The van der Waals surface area contributed by atoms with Gasteiger partial charge in [-0.3, -0.25) is 4.79 Å². The summed E-state index contributed by atoms with van der Waals surface area (Å²) in [4.78, 5) is 12.0. The molecule has 32 heavy (non-hydrogen) atoms. The molecule has 2 aromatic rings. The van der Waals surface area contributed by atoms with Crippen LogP contribution in [-0.2, 0) is 21.1 Å². The molecule has 0 spiro atoms. The lowest BCUT2D eigenvalue weighted by molar-refractivity contribution is -0.121. The fourth-order valence-corrected chi connectivity index (χ4v) is 6.69. The van der Waals surface area contributed by atoms with Crippen molar-refractivity contribution in [2.75, 3.05) is 0 Å². The molecule has 0 aliphatic heterocycles. The summed E-state index contributed by atoms with van der Waals surface area (Å²) in [6.07, 6.45) is 8.68. The van der Waals surface area contributed by atoms with E-state index in [1.165, 1.54) is 31.2 Å². The first-order chi connectivity index (χ1) is 15.3. The smallest absolute Gasteiger partial charge is 0.239 e. The molecule has 4 rings (SSSR count). The number of benzene rings is 2. The van der Waals surface area contributed by atoms with Gasteiger partial charge in [0.25, 0.3) is 0 Å². The van der Waals surface area contributed by atoms with Crippen LogP contribution in [0.15, 0.2) is 59.5 Å². The van der Waals surface area contributed by atoms with Crippen molar-refractivity contribution in [3.8, 4) is 0 Å². The first-order valence-electron chi connectivity index (χ1n) is 11.9. The Morgan fingerprint density at radius 3 is 2.12 bits per heavy atom. The van der Waals surface area contributed by atoms with Gasteiger partial charge in [-0.2, -0.15) is 0 Å². The van der Waals surface area contributed by atoms with Crippen molar-refractivity contribution in [1.29, 1.82) is 0 Å². The van der Waals surface area contributed by atoms with E-state index in [0.29, 0.717) is 12.8 Å². The molecule has 1 unspecified atom stereocenters. The SMILES string of the molecule is CC(CCc1ccccc1)C1CC1.Cc1ccc(S(=O)(=O)C2(C(N)=O)CCCCC2)cc1. The summed E-state index contributed by atoms with van der Waals surface area (Å²) >= 11 is 0. The number of amides is 1. The van der Waals surface area contributed by atoms with Crippen LogP contribution in [0.25, 0.3) is 0 Å². The van der Waals surface area contributed by atoms with Crippen molar-refractivity contribution in [1.82, 2.24) is 0 Å². The first kappa shape index (κ1) is 24.5. The molecule has 0 bridgehead atoms. The number of primary amides is 1. The zero-order valence-corrected chi connectivity index (χ0v) is 20.2. The Bertz CT molecular complexity index is 973. The van der Waals surface area contributed by atoms with Crippen molar-refractivity contribution in [2.24, 2.45) is 17.6 Å². The summed E-state index contributed by atoms with van der Waals surface area (Å²) in [5.74, 6) is 1.29. The number of nitrogens with two attached hydrogens (primary N) is 1. The number of sulfone groups is 1. The number of hydrogen-bond donors (Lipinski definition) is 1. The van der Waals surface area contributed by atoms with E-state index < -0.39 is 20.5 Å². The third-order valence-electron chi connectivity index (χ3n) is 7.11. The highest BCUT2D eigenvalue weighted by atomic mass is 32.2. The molecule has 2 aliphatic carbocycles. The topological polar surface area (TPSA) is 77.2 Å². The van der Waals surface area contributed by atoms with Gasteiger partial charge in [-0.15, -0.1) is 0 Å². The van der Waals surface area contributed by atoms with Crippen LogP contribution in [0.1, 0.15) is 69.4 Å². The standard InChI is InChI=1S/C14H19NO3S.C13H18/c1-11-5-7-12(8-6-11)19(17,18)14(13(15)16)9-3-2-4-10-14;1-11(13-9-10-13)7-8-12-5-3-2-4-6-12/h5-8H,2-4,9-10H2,1H3,(H2,15,16);2-6,11,13H,7-10H2,1H3. The average molecular weight is 456 g/mol. The van der Waals surface area contributed by atoms with Crippen molar-refractivity contribution < 1.29 is 13.2 Å². The zero-order chi connectivity index (χ0) is 23.2. The third kappa shape index (κ3) is 5.80. The Morgan fingerprint density at radius 2 is 1.59 bits per heavy atom. The lowest BCUT2D eigenvalue weighted by Gasteiger charge is -2.33. The summed E-state index contributed by atoms with van der Waals surface area (Å²) in [5.41, 5.74) is 7.91. The summed E-state index contributed by atoms with van der Waals surface area (Å²) in [6, 6.07) is 17.4. The normalized spacial score (nSPS) is 18.8. The van der Waals surface area contributed by atoms with E-state index in [4.69, 9.17) is 5.73 Å². The highest BCUT2D eigenvalue weighted by Crippen LogP contribution is 2.39. The lowest BCUT2D eigenvalue weighted by atomic mass is 9.88. The number of aryl methyl sites for hydroxylation is 2. The van der Waals surface area contributed by atoms with E-state index in [1.54, 1.807) is 24.3 Å². The summed E-state index contributed by atoms with van der Waals surface area (Å²) < 4.78 is 24.1. The molecule has 5 heteroatoms. The van der Waals surface area contributed by atoms with Crippen molar-refractivity contribution in [3.05, 3.63) is 65.7 Å². The molecule has 2 aliphatic rings. The zero-order valence-electron chi connectivity index (χ0n) is 19.4. The molecular formula is C27H37NO3S. The Balaban J connectivity index is 0.000000193. The monoisotopic (exact) mass is 455 g/mol. The van der Waals surface area contributed by atoms with Gasteiger partial charge in [-0.25, -0.2) is 8.42 Å². The second-order valence-electron chi connectivity index (χ2n) is 9.57. The van der Waals surface area contributed by atoms with Crippen LogP contribution in [0.3, 0.4) is 0 Å². The van der Waals surface area contributed by atoms with Crippen molar-refractivity contribution >= 4 is 15.7 Å². The van der Waals surface area contributed by atoms with E-state index in [9.17, 15) is 13.2 Å². The van der Waals surface area contributed by atoms with Gasteiger partial charge in [-0.05, 0) is 75.0 Å². The van der Waals surface area contributed by atoms with Crippen LogP contribution in [0.4, 0.5) is 0 Å². The van der Waals surface area contributed by atoms with Gasteiger partial charge in [0.05, 0.1) is 4.90 Å². The average Bonchev–Trinajstić information content (AvgIpc) is 3.65. The van der Waals surface area contributed by atoms with E-state index >= 15 is 0 Å². The van der Waals surface area contributed by atoms with E-state index in [1.807, 2.05) is 6.92 Å². The van der Waals surface area contributed by atoms with Gasteiger partial charge < -0.3 is 5.73 Å².